The van der Waals surface area contributed by atoms with Gasteiger partial charge in [-0.3, -0.25) is 9.89 Å². The average molecular weight is 340 g/mol. The van der Waals surface area contributed by atoms with E-state index in [1.165, 1.54) is 0 Å². The maximum atomic E-state index is 12.2. The quantitative estimate of drug-likeness (QED) is 0.491. The number of H-pyrrole nitrogens is 1. The van der Waals surface area contributed by atoms with Crippen LogP contribution in [0.4, 0.5) is 0 Å². The van der Waals surface area contributed by atoms with Gasteiger partial charge in [0.05, 0.1) is 16.3 Å². The number of hydrazone groups is 1. The van der Waals surface area contributed by atoms with Gasteiger partial charge in [-0.1, -0.05) is 13.0 Å². The molecule has 2 heterocycles. The van der Waals surface area contributed by atoms with E-state index < -0.39 is 0 Å². The van der Waals surface area contributed by atoms with Gasteiger partial charge in [0.1, 0.15) is 5.75 Å². The number of nitrogens with zero attached hydrogens (tertiary/aromatic N) is 2. The third kappa shape index (κ3) is 3.52. The van der Waals surface area contributed by atoms with Gasteiger partial charge in [-0.15, -0.1) is 11.3 Å². The largest absolute Gasteiger partial charge is 0.508 e. The van der Waals surface area contributed by atoms with Crippen LogP contribution in [0.15, 0.2) is 52.9 Å². The summed E-state index contributed by atoms with van der Waals surface area (Å²) in [4.78, 5) is 13.2. The van der Waals surface area contributed by atoms with Gasteiger partial charge in [0.15, 0.2) is 5.69 Å². The smallest absolute Gasteiger partial charge is 0.291 e. The minimum Gasteiger partial charge on any atom is -0.508 e. The second-order valence-corrected chi connectivity index (χ2v) is 5.99. The van der Waals surface area contributed by atoms with E-state index in [2.05, 4.69) is 20.7 Å². The van der Waals surface area contributed by atoms with E-state index in [4.69, 9.17) is 0 Å². The zero-order chi connectivity index (χ0) is 16.9. The number of aromatic amines is 1. The molecule has 3 rings (SSSR count). The molecule has 0 fully saturated rings. The Balaban J connectivity index is 1.73. The number of hydrogen-bond donors (Lipinski definition) is 3. The third-order valence-corrected chi connectivity index (χ3v) is 4.33. The lowest BCUT2D eigenvalue weighted by Gasteiger charge is -2.04. The van der Waals surface area contributed by atoms with E-state index in [9.17, 15) is 9.90 Å². The number of phenols is 1. The fraction of sp³-hybridized carbons (Fsp3) is 0.118. The highest BCUT2D eigenvalue weighted by atomic mass is 32.1. The van der Waals surface area contributed by atoms with Gasteiger partial charge in [-0.05, 0) is 53.8 Å². The normalized spacial score (nSPS) is 11.5. The van der Waals surface area contributed by atoms with Gasteiger partial charge >= 0.3 is 0 Å². The predicted octanol–water partition coefficient (Wildman–Crippen LogP) is 3.39. The van der Waals surface area contributed by atoms with Crippen molar-refractivity contribution in [1.29, 1.82) is 0 Å². The van der Waals surface area contributed by atoms with Crippen LogP contribution in [0.1, 0.15) is 29.4 Å². The van der Waals surface area contributed by atoms with Crippen molar-refractivity contribution in [3.63, 3.8) is 0 Å². The summed E-state index contributed by atoms with van der Waals surface area (Å²) in [6.45, 7) is 1.95. The number of amides is 1. The van der Waals surface area contributed by atoms with Gasteiger partial charge in [0, 0.05) is 0 Å². The van der Waals surface area contributed by atoms with Crippen molar-refractivity contribution in [2.75, 3.05) is 0 Å². The van der Waals surface area contributed by atoms with Crippen LogP contribution in [-0.2, 0) is 0 Å². The Hall–Kier alpha value is -2.93. The fourth-order valence-electron chi connectivity index (χ4n) is 2.17. The lowest BCUT2D eigenvalue weighted by molar-refractivity contribution is 0.0950. The van der Waals surface area contributed by atoms with Crippen molar-refractivity contribution in [3.8, 4) is 16.3 Å². The van der Waals surface area contributed by atoms with E-state index in [0.29, 0.717) is 6.42 Å². The summed E-state index contributed by atoms with van der Waals surface area (Å²) in [6.07, 6.45) is 0.645. The Kier molecular flexibility index (Phi) is 4.72. The number of rotatable bonds is 5. The Labute approximate surface area is 142 Å². The molecule has 0 aliphatic heterocycles. The number of carbonyl (C=O) groups is 1. The Morgan fingerprint density at radius 2 is 2.12 bits per heavy atom. The highest BCUT2D eigenvalue weighted by Crippen LogP contribution is 2.22. The molecule has 0 saturated heterocycles. The highest BCUT2D eigenvalue weighted by Gasteiger charge is 2.12. The van der Waals surface area contributed by atoms with Crippen molar-refractivity contribution < 1.29 is 9.90 Å². The van der Waals surface area contributed by atoms with E-state index >= 15 is 0 Å². The van der Waals surface area contributed by atoms with Gasteiger partial charge in [0.25, 0.3) is 5.91 Å². The van der Waals surface area contributed by atoms with Crippen LogP contribution in [0.25, 0.3) is 10.6 Å². The number of hydrogen-bond acceptors (Lipinski definition) is 5. The van der Waals surface area contributed by atoms with Crippen molar-refractivity contribution in [2.45, 2.75) is 13.3 Å². The molecule has 0 radical (unpaired) electrons. The monoisotopic (exact) mass is 340 g/mol. The summed E-state index contributed by atoms with van der Waals surface area (Å²) in [5.41, 5.74) is 5.17. The van der Waals surface area contributed by atoms with E-state index in [0.717, 1.165) is 21.8 Å². The fourth-order valence-corrected chi connectivity index (χ4v) is 2.87. The predicted molar refractivity (Wildman–Crippen MR) is 94.3 cm³/mol. The number of nitrogens with one attached hydrogen (secondary N) is 2. The molecular weight excluding hydrogens is 324 g/mol. The topological polar surface area (TPSA) is 90.4 Å². The van der Waals surface area contributed by atoms with Gasteiger partial charge in [-0.2, -0.15) is 10.2 Å². The van der Waals surface area contributed by atoms with Crippen LogP contribution in [-0.4, -0.2) is 26.9 Å². The molecule has 0 aliphatic rings. The van der Waals surface area contributed by atoms with Gasteiger partial charge < -0.3 is 5.11 Å². The van der Waals surface area contributed by atoms with Crippen LogP contribution in [0.3, 0.4) is 0 Å². The molecule has 0 aliphatic carbocycles. The summed E-state index contributed by atoms with van der Waals surface area (Å²) in [7, 11) is 0. The molecule has 6 nitrogen and oxygen atoms in total. The molecule has 24 heavy (non-hydrogen) atoms. The molecular formula is C17H16N4O2S. The summed E-state index contributed by atoms with van der Waals surface area (Å²) in [5, 5.41) is 22.4. The average Bonchev–Trinajstić information content (AvgIpc) is 3.28. The second-order valence-electron chi connectivity index (χ2n) is 5.04. The Morgan fingerprint density at radius 3 is 2.79 bits per heavy atom. The molecule has 7 heteroatoms. The minimum absolute atomic E-state index is 0.191. The van der Waals surface area contributed by atoms with Crippen LogP contribution >= 0.6 is 11.3 Å². The van der Waals surface area contributed by atoms with Gasteiger partial charge in [0.2, 0.25) is 0 Å². The molecule has 0 atom stereocenters. The maximum absolute atomic E-state index is 12.2. The second kappa shape index (κ2) is 7.10. The van der Waals surface area contributed by atoms with Gasteiger partial charge in [-0.25, -0.2) is 5.43 Å². The molecule has 0 saturated carbocycles. The number of carbonyl (C=O) groups excluding carboxylic acids is 1. The molecule has 1 amide bonds. The van der Waals surface area contributed by atoms with Crippen LogP contribution in [0.5, 0.6) is 5.75 Å². The first-order valence-corrected chi connectivity index (χ1v) is 8.31. The summed E-state index contributed by atoms with van der Waals surface area (Å²) >= 11 is 1.57. The van der Waals surface area contributed by atoms with E-state index in [1.54, 1.807) is 41.7 Å². The van der Waals surface area contributed by atoms with Crippen LogP contribution in [0, 0.1) is 0 Å². The molecule has 0 bridgehead atoms. The van der Waals surface area contributed by atoms with Crippen LogP contribution < -0.4 is 5.43 Å². The Morgan fingerprint density at radius 1 is 1.33 bits per heavy atom. The molecule has 2 aromatic heterocycles. The number of phenolic OH excluding ortho intramolecular Hbond substituents is 1. The van der Waals surface area contributed by atoms with E-state index in [1.807, 2.05) is 24.4 Å². The molecule has 3 N–H and O–H groups in total. The number of benzene rings is 1. The van der Waals surface area contributed by atoms with Crippen molar-refractivity contribution in [3.05, 3.63) is 59.1 Å². The third-order valence-electron chi connectivity index (χ3n) is 3.42. The first kappa shape index (κ1) is 15.9. The lowest BCUT2D eigenvalue weighted by Crippen LogP contribution is -2.20. The first-order chi connectivity index (χ1) is 11.7. The summed E-state index contributed by atoms with van der Waals surface area (Å²) < 4.78 is 0. The van der Waals surface area contributed by atoms with Crippen molar-refractivity contribution in [1.82, 2.24) is 15.6 Å². The zero-order valence-corrected chi connectivity index (χ0v) is 13.8. The minimum atomic E-state index is -0.376. The molecule has 1 aromatic carbocycles. The molecule has 0 unspecified atom stereocenters. The summed E-state index contributed by atoms with van der Waals surface area (Å²) in [5.74, 6) is -0.186. The number of thiophene rings is 1. The molecule has 3 aromatic rings. The van der Waals surface area contributed by atoms with E-state index in [-0.39, 0.29) is 17.4 Å². The maximum Gasteiger partial charge on any atom is 0.291 e. The number of aromatic hydroxyl groups is 1. The van der Waals surface area contributed by atoms with Crippen LogP contribution in [0.2, 0.25) is 0 Å². The SMILES string of the molecule is CCC(=NNC(=O)c1cc(-c2cccs2)[nH]n1)c1ccc(O)cc1. The van der Waals surface area contributed by atoms with Crippen molar-refractivity contribution >= 4 is 23.0 Å². The standard InChI is InChI=1S/C17H16N4O2S/c1-2-13(11-5-7-12(22)8-6-11)18-21-17(23)15-10-14(19-20-15)16-4-3-9-24-16/h3-10,22H,2H2,1H3,(H,19,20)(H,21,23). The zero-order valence-electron chi connectivity index (χ0n) is 13.0. The Bertz CT molecular complexity index is 851. The highest BCUT2D eigenvalue weighted by molar-refractivity contribution is 7.13. The first-order valence-electron chi connectivity index (χ1n) is 7.43. The molecule has 0 spiro atoms. The number of aromatic nitrogens is 2. The summed E-state index contributed by atoms with van der Waals surface area (Å²) in [6, 6.07) is 12.3. The molecule has 122 valence electrons. The lowest BCUT2D eigenvalue weighted by atomic mass is 10.1. The van der Waals surface area contributed by atoms with Crippen molar-refractivity contribution in [2.24, 2.45) is 5.10 Å².